The van der Waals surface area contributed by atoms with Gasteiger partial charge in [0.05, 0.1) is 5.60 Å². The summed E-state index contributed by atoms with van der Waals surface area (Å²) < 4.78 is 2.32. The van der Waals surface area contributed by atoms with Crippen LogP contribution in [0.5, 0.6) is 0 Å². The first-order valence-electron chi connectivity index (χ1n) is 7.24. The van der Waals surface area contributed by atoms with Crippen LogP contribution in [0, 0.1) is 5.92 Å². The quantitative estimate of drug-likeness (QED) is 0.807. The highest BCUT2D eigenvalue weighted by Crippen LogP contribution is 2.27. The van der Waals surface area contributed by atoms with Crippen LogP contribution in [0.1, 0.15) is 32.4 Å². The molecule has 2 N–H and O–H groups in total. The standard InChI is InChI=1S/C15H26N2OS/c1-13(2)5-8-17-7-3-4-14(17)10-16-11-15(18)6-9-19-12-15/h3-4,7,13,16,18H,5-6,8-12H2,1-2H3. The molecule has 0 spiro atoms. The van der Waals surface area contributed by atoms with Crippen molar-refractivity contribution in [2.24, 2.45) is 5.92 Å². The van der Waals surface area contributed by atoms with Gasteiger partial charge in [-0.2, -0.15) is 11.8 Å². The number of aromatic nitrogens is 1. The van der Waals surface area contributed by atoms with Crippen molar-refractivity contribution in [3.05, 3.63) is 24.0 Å². The molecular formula is C15H26N2OS. The third kappa shape index (κ3) is 4.55. The van der Waals surface area contributed by atoms with Crippen LogP contribution in [-0.2, 0) is 13.1 Å². The summed E-state index contributed by atoms with van der Waals surface area (Å²) in [5.74, 6) is 2.69. The molecule has 0 bridgehead atoms. The molecule has 1 aromatic rings. The number of aryl methyl sites for hydroxylation is 1. The van der Waals surface area contributed by atoms with Crippen molar-refractivity contribution in [2.45, 2.75) is 45.4 Å². The van der Waals surface area contributed by atoms with Crippen LogP contribution in [-0.4, -0.2) is 33.3 Å². The zero-order valence-corrected chi connectivity index (χ0v) is 12.9. The minimum atomic E-state index is -0.486. The first-order chi connectivity index (χ1) is 9.09. The number of rotatable bonds is 7. The van der Waals surface area contributed by atoms with Gasteiger partial charge in [-0.25, -0.2) is 0 Å². The van der Waals surface area contributed by atoms with Crippen molar-refractivity contribution < 1.29 is 5.11 Å². The Labute approximate surface area is 120 Å². The summed E-state index contributed by atoms with van der Waals surface area (Å²) in [6, 6.07) is 4.28. The number of hydrogen-bond acceptors (Lipinski definition) is 3. The van der Waals surface area contributed by atoms with Gasteiger partial charge in [0.15, 0.2) is 0 Å². The molecule has 1 aromatic heterocycles. The monoisotopic (exact) mass is 282 g/mol. The lowest BCUT2D eigenvalue weighted by molar-refractivity contribution is 0.0673. The first kappa shape index (κ1) is 14.9. The molecule has 19 heavy (non-hydrogen) atoms. The highest BCUT2D eigenvalue weighted by Gasteiger charge is 2.30. The lowest BCUT2D eigenvalue weighted by atomic mass is 10.0. The Morgan fingerprint density at radius 3 is 3.05 bits per heavy atom. The summed E-state index contributed by atoms with van der Waals surface area (Å²) in [5.41, 5.74) is 0.829. The van der Waals surface area contributed by atoms with Gasteiger partial charge >= 0.3 is 0 Å². The van der Waals surface area contributed by atoms with Crippen LogP contribution in [0.25, 0.3) is 0 Å². The number of nitrogens with zero attached hydrogens (tertiary/aromatic N) is 1. The number of thioether (sulfide) groups is 1. The summed E-state index contributed by atoms with van der Waals surface area (Å²) in [5, 5.41) is 13.7. The molecule has 0 aliphatic carbocycles. The second-order valence-electron chi connectivity index (χ2n) is 6.01. The molecule has 2 rings (SSSR count). The third-order valence-electron chi connectivity index (χ3n) is 3.71. The van der Waals surface area contributed by atoms with Gasteiger partial charge in [0.25, 0.3) is 0 Å². The Bertz CT molecular complexity index is 383. The van der Waals surface area contributed by atoms with Crippen LogP contribution in [0.3, 0.4) is 0 Å². The molecule has 3 nitrogen and oxygen atoms in total. The molecule has 1 aliphatic heterocycles. The molecule has 1 saturated heterocycles. The van der Waals surface area contributed by atoms with E-state index in [0.29, 0.717) is 6.54 Å². The van der Waals surface area contributed by atoms with E-state index in [0.717, 1.165) is 36.9 Å². The Morgan fingerprint density at radius 2 is 2.37 bits per heavy atom. The smallest absolute Gasteiger partial charge is 0.0869 e. The SMILES string of the molecule is CC(C)CCn1cccc1CNCC1(O)CCSC1. The fourth-order valence-electron chi connectivity index (χ4n) is 2.38. The minimum absolute atomic E-state index is 0.486. The zero-order chi connectivity index (χ0) is 13.7. The van der Waals surface area contributed by atoms with E-state index in [1.165, 1.54) is 12.1 Å². The molecule has 0 aromatic carbocycles. The molecule has 1 unspecified atom stereocenters. The van der Waals surface area contributed by atoms with Gasteiger partial charge in [-0.1, -0.05) is 13.8 Å². The van der Waals surface area contributed by atoms with Crippen LogP contribution in [0.4, 0.5) is 0 Å². The van der Waals surface area contributed by atoms with E-state index in [2.05, 4.69) is 42.1 Å². The lowest BCUT2D eigenvalue weighted by Gasteiger charge is -2.22. The Kier molecular flexibility index (Phi) is 5.37. The molecule has 1 aliphatic rings. The molecule has 0 saturated carbocycles. The molecule has 2 heterocycles. The van der Waals surface area contributed by atoms with Gasteiger partial charge in [-0.15, -0.1) is 0 Å². The maximum Gasteiger partial charge on any atom is 0.0869 e. The van der Waals surface area contributed by atoms with E-state index in [-0.39, 0.29) is 0 Å². The van der Waals surface area contributed by atoms with Gasteiger partial charge in [0, 0.05) is 37.3 Å². The van der Waals surface area contributed by atoms with Gasteiger partial charge in [-0.3, -0.25) is 0 Å². The number of hydrogen-bond donors (Lipinski definition) is 2. The first-order valence-corrected chi connectivity index (χ1v) is 8.39. The number of aliphatic hydroxyl groups is 1. The molecule has 0 radical (unpaired) electrons. The van der Waals surface area contributed by atoms with Gasteiger partial charge in [0.2, 0.25) is 0 Å². The average molecular weight is 282 g/mol. The second kappa shape index (κ2) is 6.82. The molecular weight excluding hydrogens is 256 g/mol. The molecule has 108 valence electrons. The fourth-order valence-corrected chi connectivity index (χ4v) is 3.68. The fraction of sp³-hybridized carbons (Fsp3) is 0.733. The van der Waals surface area contributed by atoms with Gasteiger partial charge < -0.3 is 15.0 Å². The largest absolute Gasteiger partial charge is 0.388 e. The van der Waals surface area contributed by atoms with Crippen molar-refractivity contribution >= 4 is 11.8 Å². The Hall–Kier alpha value is -0.450. The topological polar surface area (TPSA) is 37.2 Å². The lowest BCUT2D eigenvalue weighted by Crippen LogP contribution is -2.40. The highest BCUT2D eigenvalue weighted by atomic mass is 32.2. The van der Waals surface area contributed by atoms with Gasteiger partial charge in [-0.05, 0) is 36.6 Å². The van der Waals surface area contributed by atoms with Crippen molar-refractivity contribution in [2.75, 3.05) is 18.1 Å². The van der Waals surface area contributed by atoms with Crippen LogP contribution in [0.2, 0.25) is 0 Å². The van der Waals surface area contributed by atoms with Crippen molar-refractivity contribution in [3.8, 4) is 0 Å². The van der Waals surface area contributed by atoms with Crippen LogP contribution >= 0.6 is 11.8 Å². The van der Waals surface area contributed by atoms with E-state index < -0.39 is 5.60 Å². The van der Waals surface area contributed by atoms with Crippen molar-refractivity contribution in [3.63, 3.8) is 0 Å². The van der Waals surface area contributed by atoms with E-state index in [9.17, 15) is 5.11 Å². The average Bonchev–Trinajstić information content (AvgIpc) is 2.96. The van der Waals surface area contributed by atoms with E-state index in [1.807, 2.05) is 11.8 Å². The summed E-state index contributed by atoms with van der Waals surface area (Å²) in [6.45, 7) is 7.15. The normalized spacial score (nSPS) is 23.4. The molecule has 1 fully saturated rings. The molecule has 0 amide bonds. The predicted molar refractivity (Wildman–Crippen MR) is 82.5 cm³/mol. The van der Waals surface area contributed by atoms with Crippen molar-refractivity contribution in [1.29, 1.82) is 0 Å². The van der Waals surface area contributed by atoms with E-state index in [1.54, 1.807) is 0 Å². The summed E-state index contributed by atoms with van der Waals surface area (Å²) in [4.78, 5) is 0. The predicted octanol–water partition coefficient (Wildman–Crippen LogP) is 2.49. The summed E-state index contributed by atoms with van der Waals surface area (Å²) >= 11 is 1.85. The van der Waals surface area contributed by atoms with E-state index in [4.69, 9.17) is 0 Å². The highest BCUT2D eigenvalue weighted by molar-refractivity contribution is 7.99. The number of nitrogens with one attached hydrogen (secondary N) is 1. The second-order valence-corrected chi connectivity index (χ2v) is 7.11. The Morgan fingerprint density at radius 1 is 1.53 bits per heavy atom. The maximum atomic E-state index is 10.3. The van der Waals surface area contributed by atoms with Crippen LogP contribution in [0.15, 0.2) is 18.3 Å². The van der Waals surface area contributed by atoms with Crippen molar-refractivity contribution in [1.82, 2.24) is 9.88 Å². The maximum absolute atomic E-state index is 10.3. The molecule has 4 heteroatoms. The van der Waals surface area contributed by atoms with E-state index >= 15 is 0 Å². The van der Waals surface area contributed by atoms with Gasteiger partial charge in [0.1, 0.15) is 0 Å². The minimum Gasteiger partial charge on any atom is -0.388 e. The summed E-state index contributed by atoms with van der Waals surface area (Å²) in [7, 11) is 0. The zero-order valence-electron chi connectivity index (χ0n) is 12.1. The Balaban J connectivity index is 1.78. The third-order valence-corrected chi connectivity index (χ3v) is 4.95. The summed E-state index contributed by atoms with van der Waals surface area (Å²) in [6.07, 6.45) is 4.28. The molecule has 1 atom stereocenters. The van der Waals surface area contributed by atoms with Crippen LogP contribution < -0.4 is 5.32 Å².